The molecule has 0 aliphatic carbocycles. The zero-order valence-corrected chi connectivity index (χ0v) is 13.1. The fourth-order valence-electron chi connectivity index (χ4n) is 1.86. The number of halogens is 1. The lowest BCUT2D eigenvalue weighted by atomic mass is 10.2. The summed E-state index contributed by atoms with van der Waals surface area (Å²) in [5.74, 6) is -0.959. The first-order chi connectivity index (χ1) is 10.1. The Hall–Kier alpha value is -1.92. The van der Waals surface area contributed by atoms with E-state index in [2.05, 4.69) is 25.9 Å². The van der Waals surface area contributed by atoms with E-state index >= 15 is 0 Å². The van der Waals surface area contributed by atoms with E-state index in [-0.39, 0.29) is 5.56 Å². The molecular weight excluding hydrogens is 352 g/mol. The van der Waals surface area contributed by atoms with Gasteiger partial charge in [0.25, 0.3) is 0 Å². The van der Waals surface area contributed by atoms with Crippen LogP contribution in [-0.2, 0) is 0 Å². The van der Waals surface area contributed by atoms with Crippen LogP contribution in [0, 0.1) is 0 Å². The van der Waals surface area contributed by atoms with Gasteiger partial charge in [0.1, 0.15) is 5.03 Å². The van der Waals surface area contributed by atoms with E-state index in [1.165, 1.54) is 11.8 Å². The smallest absolute Gasteiger partial charge is 0.336 e. The Morgan fingerprint density at radius 3 is 2.67 bits per heavy atom. The highest BCUT2D eigenvalue weighted by Gasteiger charge is 2.12. The second kappa shape index (κ2) is 5.83. The second-order valence-corrected chi connectivity index (χ2v) is 6.22. The average molecular weight is 361 g/mol. The van der Waals surface area contributed by atoms with Crippen LogP contribution in [0.3, 0.4) is 0 Å². The number of nitrogens with zero attached hydrogens (tertiary/aromatic N) is 2. The van der Waals surface area contributed by atoms with Gasteiger partial charge in [-0.3, -0.25) is 4.98 Å². The highest BCUT2D eigenvalue weighted by molar-refractivity contribution is 9.10. The van der Waals surface area contributed by atoms with Crippen LogP contribution >= 0.6 is 27.7 Å². The van der Waals surface area contributed by atoms with E-state index < -0.39 is 5.97 Å². The number of aromatic nitrogens is 2. The van der Waals surface area contributed by atoms with Crippen LogP contribution in [0.5, 0.6) is 0 Å². The summed E-state index contributed by atoms with van der Waals surface area (Å²) in [6.45, 7) is 0. The minimum absolute atomic E-state index is 0.248. The zero-order valence-electron chi connectivity index (χ0n) is 10.7. The van der Waals surface area contributed by atoms with Crippen LogP contribution < -0.4 is 0 Å². The van der Waals surface area contributed by atoms with Crippen molar-refractivity contribution in [3.05, 3.63) is 58.7 Å². The highest BCUT2D eigenvalue weighted by Crippen LogP contribution is 2.32. The van der Waals surface area contributed by atoms with Crippen LogP contribution in [0.15, 0.2) is 63.1 Å². The summed E-state index contributed by atoms with van der Waals surface area (Å²) in [7, 11) is 0. The van der Waals surface area contributed by atoms with Crippen LogP contribution in [0.2, 0.25) is 0 Å². The predicted molar refractivity (Wildman–Crippen MR) is 84.8 cm³/mol. The Labute approximate surface area is 133 Å². The highest BCUT2D eigenvalue weighted by atomic mass is 79.9. The molecular formula is C15H9BrN2O2S. The van der Waals surface area contributed by atoms with Crippen LogP contribution in [0.25, 0.3) is 11.0 Å². The number of carbonyl (C=O) groups is 1. The Kier molecular flexibility index (Phi) is 3.90. The molecule has 0 aliphatic heterocycles. The van der Waals surface area contributed by atoms with Gasteiger partial charge in [0.05, 0.1) is 22.8 Å². The van der Waals surface area contributed by atoms with E-state index in [0.29, 0.717) is 9.92 Å². The maximum atomic E-state index is 11.3. The molecule has 0 saturated carbocycles. The van der Waals surface area contributed by atoms with Gasteiger partial charge in [0.2, 0.25) is 0 Å². The molecule has 104 valence electrons. The lowest BCUT2D eigenvalue weighted by Crippen LogP contribution is -1.98. The topological polar surface area (TPSA) is 63.1 Å². The number of rotatable bonds is 3. The maximum Gasteiger partial charge on any atom is 0.336 e. The summed E-state index contributed by atoms with van der Waals surface area (Å²) in [5.41, 5.74) is 1.85. The molecule has 1 aromatic heterocycles. The first-order valence-electron chi connectivity index (χ1n) is 6.06. The van der Waals surface area contributed by atoms with Gasteiger partial charge in [0.15, 0.2) is 0 Å². The fraction of sp³-hybridized carbons (Fsp3) is 0. The molecule has 1 heterocycles. The molecule has 0 fully saturated rings. The van der Waals surface area contributed by atoms with Gasteiger partial charge in [-0.2, -0.15) is 0 Å². The molecule has 3 rings (SSSR count). The van der Waals surface area contributed by atoms with Gasteiger partial charge in [0, 0.05) is 9.37 Å². The van der Waals surface area contributed by atoms with Gasteiger partial charge in [-0.15, -0.1) is 0 Å². The lowest BCUT2D eigenvalue weighted by Gasteiger charge is -2.06. The molecule has 0 radical (unpaired) electrons. The van der Waals surface area contributed by atoms with Crippen molar-refractivity contribution in [2.75, 3.05) is 0 Å². The summed E-state index contributed by atoms with van der Waals surface area (Å²) in [4.78, 5) is 20.7. The number of aromatic carboxylic acids is 1. The normalized spacial score (nSPS) is 10.7. The lowest BCUT2D eigenvalue weighted by molar-refractivity contribution is 0.0693. The molecule has 0 unspecified atom stereocenters. The molecule has 0 spiro atoms. The van der Waals surface area contributed by atoms with E-state index in [1.54, 1.807) is 24.4 Å². The summed E-state index contributed by atoms with van der Waals surface area (Å²) in [6.07, 6.45) is 1.65. The summed E-state index contributed by atoms with van der Waals surface area (Å²) < 4.78 is 0.823. The van der Waals surface area contributed by atoms with Crippen molar-refractivity contribution in [1.29, 1.82) is 0 Å². The second-order valence-electron chi connectivity index (χ2n) is 4.24. The number of hydrogen-bond donors (Lipinski definition) is 1. The molecule has 21 heavy (non-hydrogen) atoms. The van der Waals surface area contributed by atoms with Crippen LogP contribution in [-0.4, -0.2) is 21.0 Å². The van der Waals surface area contributed by atoms with Gasteiger partial charge in [-0.05, 0) is 30.3 Å². The number of carboxylic acid groups (broad SMARTS) is 1. The van der Waals surface area contributed by atoms with Gasteiger partial charge < -0.3 is 5.11 Å². The monoisotopic (exact) mass is 360 g/mol. The maximum absolute atomic E-state index is 11.3. The largest absolute Gasteiger partial charge is 0.478 e. The average Bonchev–Trinajstić information content (AvgIpc) is 2.47. The van der Waals surface area contributed by atoms with Crippen molar-refractivity contribution >= 4 is 44.7 Å². The van der Waals surface area contributed by atoms with Crippen molar-refractivity contribution in [3.63, 3.8) is 0 Å². The van der Waals surface area contributed by atoms with Crippen molar-refractivity contribution in [2.24, 2.45) is 0 Å². The third kappa shape index (κ3) is 3.06. The minimum Gasteiger partial charge on any atom is -0.478 e. The third-order valence-corrected chi connectivity index (χ3v) is 4.27. The number of carboxylic acids is 1. The molecule has 1 N–H and O–H groups in total. The molecule has 2 aromatic carbocycles. The van der Waals surface area contributed by atoms with Crippen molar-refractivity contribution in [2.45, 2.75) is 9.92 Å². The Balaban J connectivity index is 2.02. The van der Waals surface area contributed by atoms with Gasteiger partial charge in [-0.25, -0.2) is 9.78 Å². The zero-order chi connectivity index (χ0) is 14.8. The molecule has 3 aromatic rings. The molecule has 0 saturated heterocycles. The predicted octanol–water partition coefficient (Wildman–Crippen LogP) is 4.24. The summed E-state index contributed by atoms with van der Waals surface area (Å²) in [6, 6.07) is 12.6. The Bertz CT molecular complexity index is 839. The van der Waals surface area contributed by atoms with Crippen molar-refractivity contribution in [1.82, 2.24) is 9.97 Å². The molecule has 0 amide bonds. The minimum atomic E-state index is -0.959. The van der Waals surface area contributed by atoms with Gasteiger partial charge in [-0.1, -0.05) is 39.8 Å². The Morgan fingerprint density at radius 1 is 1.14 bits per heavy atom. The van der Waals surface area contributed by atoms with Crippen LogP contribution in [0.1, 0.15) is 10.4 Å². The standard InChI is InChI=1S/C15H9BrN2O2S/c16-9-5-6-10(15(19)20)13(7-9)21-14-8-17-11-3-1-2-4-12(11)18-14/h1-8H,(H,19,20). The first kappa shape index (κ1) is 14.0. The molecule has 0 aliphatic rings. The summed E-state index contributed by atoms with van der Waals surface area (Å²) >= 11 is 4.64. The number of fused-ring (bicyclic) bond motifs is 1. The van der Waals surface area contributed by atoms with Gasteiger partial charge >= 0.3 is 5.97 Å². The van der Waals surface area contributed by atoms with Crippen LogP contribution in [0.4, 0.5) is 0 Å². The Morgan fingerprint density at radius 2 is 1.90 bits per heavy atom. The first-order valence-corrected chi connectivity index (χ1v) is 7.67. The summed E-state index contributed by atoms with van der Waals surface area (Å²) in [5, 5.41) is 9.90. The third-order valence-electron chi connectivity index (χ3n) is 2.82. The number of benzene rings is 2. The van der Waals surface area contributed by atoms with E-state index in [1.807, 2.05) is 24.3 Å². The number of hydrogen-bond acceptors (Lipinski definition) is 4. The molecule has 0 bridgehead atoms. The number of para-hydroxylation sites is 2. The van der Waals surface area contributed by atoms with E-state index in [9.17, 15) is 9.90 Å². The van der Waals surface area contributed by atoms with Crippen molar-refractivity contribution < 1.29 is 9.90 Å². The quantitative estimate of drug-likeness (QED) is 0.756. The molecule has 0 atom stereocenters. The molecule has 4 nitrogen and oxygen atoms in total. The van der Waals surface area contributed by atoms with E-state index in [0.717, 1.165) is 15.5 Å². The van der Waals surface area contributed by atoms with Crippen molar-refractivity contribution in [3.8, 4) is 0 Å². The van der Waals surface area contributed by atoms with E-state index in [4.69, 9.17) is 0 Å². The fourth-order valence-corrected chi connectivity index (χ4v) is 3.30. The SMILES string of the molecule is O=C(O)c1ccc(Br)cc1Sc1cnc2ccccc2n1. The molecule has 6 heteroatoms.